The minimum atomic E-state index is -0.585. The zero-order valence-corrected chi connectivity index (χ0v) is 17.7. The van der Waals surface area contributed by atoms with E-state index in [1.807, 2.05) is 60.7 Å². The first-order valence-electron chi connectivity index (χ1n) is 9.94. The van der Waals surface area contributed by atoms with Crippen LogP contribution < -0.4 is 0 Å². The van der Waals surface area contributed by atoms with Gasteiger partial charge in [0.25, 0.3) is 0 Å². The van der Waals surface area contributed by atoms with Crippen molar-refractivity contribution in [1.82, 2.24) is 4.98 Å². The molecule has 0 saturated carbocycles. The molecule has 1 heterocycles. The van der Waals surface area contributed by atoms with E-state index in [9.17, 15) is 5.26 Å². The zero-order chi connectivity index (χ0) is 20.7. The summed E-state index contributed by atoms with van der Waals surface area (Å²) in [6.45, 7) is 0. The lowest BCUT2D eigenvalue weighted by molar-refractivity contribution is 0.468. The van der Waals surface area contributed by atoms with Gasteiger partial charge in [0.05, 0.1) is 17.0 Å². The van der Waals surface area contributed by atoms with Gasteiger partial charge in [0, 0.05) is 26.7 Å². The summed E-state index contributed by atoms with van der Waals surface area (Å²) in [6.07, 6.45) is 2.08. The van der Waals surface area contributed by atoms with Crippen molar-refractivity contribution in [3.63, 3.8) is 0 Å². The summed E-state index contributed by atoms with van der Waals surface area (Å²) in [4.78, 5) is 4.96. The topological polar surface area (TPSA) is 36.7 Å². The molecule has 0 saturated heterocycles. The number of fused-ring (bicyclic) bond motifs is 2. The third kappa shape index (κ3) is 3.06. The smallest absolute Gasteiger partial charge is 0.0867 e. The number of aryl methyl sites for hydroxylation is 1. The largest absolute Gasteiger partial charge is 0.253 e. The van der Waals surface area contributed by atoms with Crippen LogP contribution in [0.1, 0.15) is 23.2 Å². The van der Waals surface area contributed by atoms with Crippen LogP contribution in [0.15, 0.2) is 72.8 Å². The Morgan fingerprint density at radius 1 is 0.933 bits per heavy atom. The molecule has 30 heavy (non-hydrogen) atoms. The molecule has 146 valence electrons. The summed E-state index contributed by atoms with van der Waals surface area (Å²) >= 11 is 13.0. The van der Waals surface area contributed by atoms with E-state index in [0.29, 0.717) is 16.5 Å². The van der Waals surface area contributed by atoms with Crippen LogP contribution >= 0.6 is 23.2 Å². The Hall–Kier alpha value is -2.86. The van der Waals surface area contributed by atoms with Crippen LogP contribution in [0, 0.1) is 11.3 Å². The van der Waals surface area contributed by atoms with E-state index in [1.54, 1.807) is 0 Å². The molecule has 0 fully saturated rings. The van der Waals surface area contributed by atoms with Crippen molar-refractivity contribution < 1.29 is 0 Å². The fourth-order valence-corrected chi connectivity index (χ4v) is 4.98. The number of nitriles is 1. The molecule has 4 heteroatoms. The molecular formula is C26H18Cl2N2. The van der Waals surface area contributed by atoms with Gasteiger partial charge in [0.15, 0.2) is 0 Å². The van der Waals surface area contributed by atoms with Gasteiger partial charge in [-0.3, -0.25) is 4.98 Å². The molecule has 0 aliphatic heterocycles. The lowest BCUT2D eigenvalue weighted by Gasteiger charge is -2.34. The fourth-order valence-electron chi connectivity index (χ4n) is 4.58. The first-order valence-corrected chi connectivity index (χ1v) is 10.7. The van der Waals surface area contributed by atoms with Crippen molar-refractivity contribution >= 4 is 34.1 Å². The molecule has 0 radical (unpaired) electrons. The molecule has 2 nitrogen and oxygen atoms in total. The van der Waals surface area contributed by atoms with Crippen molar-refractivity contribution in [2.45, 2.75) is 24.7 Å². The molecule has 1 aliphatic rings. The summed E-state index contributed by atoms with van der Waals surface area (Å²) < 4.78 is 0. The van der Waals surface area contributed by atoms with Crippen LogP contribution in [0.4, 0.5) is 0 Å². The molecule has 0 bridgehead atoms. The first-order chi connectivity index (χ1) is 14.6. The maximum Gasteiger partial charge on any atom is 0.0867 e. The fraction of sp³-hybridized carbons (Fsp3) is 0.154. The van der Waals surface area contributed by atoms with E-state index < -0.39 is 5.41 Å². The predicted molar refractivity (Wildman–Crippen MR) is 123 cm³/mol. The predicted octanol–water partition coefficient (Wildman–Crippen LogP) is 7.16. The lowest BCUT2D eigenvalue weighted by atomic mass is 9.68. The molecule has 3 aromatic carbocycles. The van der Waals surface area contributed by atoms with Crippen LogP contribution in [0.3, 0.4) is 0 Å². The van der Waals surface area contributed by atoms with Crippen molar-refractivity contribution in [3.8, 4) is 17.2 Å². The summed E-state index contributed by atoms with van der Waals surface area (Å²) in [6, 6.07) is 26.3. The number of aromatic nitrogens is 1. The number of benzene rings is 3. The van der Waals surface area contributed by atoms with Gasteiger partial charge in [-0.15, -0.1) is 0 Å². The van der Waals surface area contributed by atoms with Gasteiger partial charge in [0.1, 0.15) is 0 Å². The Morgan fingerprint density at radius 2 is 1.70 bits per heavy atom. The molecule has 5 rings (SSSR count). The number of hydrogen-bond donors (Lipinski definition) is 0. The number of rotatable bonds is 2. The highest BCUT2D eigenvalue weighted by molar-refractivity contribution is 6.34. The number of halogens is 2. The van der Waals surface area contributed by atoms with E-state index >= 15 is 0 Å². The third-order valence-electron chi connectivity index (χ3n) is 6.08. The van der Waals surface area contributed by atoms with Crippen molar-refractivity contribution in [2.24, 2.45) is 0 Å². The highest BCUT2D eigenvalue weighted by atomic mass is 35.5. The molecule has 1 aromatic heterocycles. The highest BCUT2D eigenvalue weighted by Crippen LogP contribution is 2.45. The zero-order valence-electron chi connectivity index (χ0n) is 16.2. The second kappa shape index (κ2) is 7.43. The van der Waals surface area contributed by atoms with Crippen molar-refractivity contribution in [1.29, 1.82) is 5.26 Å². The molecule has 0 N–H and O–H groups in total. The van der Waals surface area contributed by atoms with Crippen LogP contribution in [-0.2, 0) is 18.3 Å². The summed E-state index contributed by atoms with van der Waals surface area (Å²) in [7, 11) is 0. The molecular weight excluding hydrogens is 411 g/mol. The van der Waals surface area contributed by atoms with Crippen molar-refractivity contribution in [2.75, 3.05) is 0 Å². The second-order valence-corrected chi connectivity index (χ2v) is 8.63. The number of pyridine rings is 1. The van der Waals surface area contributed by atoms with Crippen LogP contribution in [0.25, 0.3) is 22.0 Å². The monoisotopic (exact) mass is 428 g/mol. The van der Waals surface area contributed by atoms with Crippen LogP contribution in [0.2, 0.25) is 10.0 Å². The van der Waals surface area contributed by atoms with E-state index in [-0.39, 0.29) is 0 Å². The average molecular weight is 429 g/mol. The van der Waals surface area contributed by atoms with E-state index in [4.69, 9.17) is 28.2 Å². The third-order valence-corrected chi connectivity index (χ3v) is 6.65. The van der Waals surface area contributed by atoms with Gasteiger partial charge >= 0.3 is 0 Å². The van der Waals surface area contributed by atoms with Gasteiger partial charge in [-0.1, -0.05) is 71.7 Å². The van der Waals surface area contributed by atoms with E-state index in [0.717, 1.165) is 51.7 Å². The molecule has 0 amide bonds. The second-order valence-electron chi connectivity index (χ2n) is 7.79. The Morgan fingerprint density at radius 3 is 2.47 bits per heavy atom. The van der Waals surface area contributed by atoms with Gasteiger partial charge in [-0.05, 0) is 60.2 Å². The van der Waals surface area contributed by atoms with Crippen LogP contribution in [-0.4, -0.2) is 4.98 Å². The first kappa shape index (κ1) is 19.1. The summed E-state index contributed by atoms with van der Waals surface area (Å²) in [5.74, 6) is 0. The molecule has 1 unspecified atom stereocenters. The number of nitrogens with zero attached hydrogens (tertiary/aromatic N) is 2. The van der Waals surface area contributed by atoms with Gasteiger partial charge < -0.3 is 0 Å². The SMILES string of the molecule is N#CC1(c2ccccc2)CCc2nc3ccc(Cl)cc3c(-c3ccccc3Cl)c2C1. The maximum absolute atomic E-state index is 10.3. The lowest BCUT2D eigenvalue weighted by Crippen LogP contribution is -2.33. The Kier molecular flexibility index (Phi) is 4.74. The normalized spacial score (nSPS) is 18.0. The minimum absolute atomic E-state index is 0.585. The highest BCUT2D eigenvalue weighted by Gasteiger charge is 2.38. The summed E-state index contributed by atoms with van der Waals surface area (Å²) in [5, 5.41) is 12.6. The van der Waals surface area contributed by atoms with Crippen molar-refractivity contribution in [3.05, 3.63) is 99.7 Å². The maximum atomic E-state index is 10.3. The molecule has 0 spiro atoms. The Labute approximate surface area is 185 Å². The quantitative estimate of drug-likeness (QED) is 0.339. The molecule has 1 aliphatic carbocycles. The van der Waals surface area contributed by atoms with E-state index in [1.165, 1.54) is 0 Å². The van der Waals surface area contributed by atoms with Gasteiger partial charge in [0.2, 0.25) is 0 Å². The summed E-state index contributed by atoms with van der Waals surface area (Å²) in [5.41, 5.74) is 5.49. The Balaban J connectivity index is 1.82. The van der Waals surface area contributed by atoms with E-state index in [2.05, 4.69) is 18.2 Å². The molecule has 4 aromatic rings. The average Bonchev–Trinajstić information content (AvgIpc) is 2.78. The Bertz CT molecular complexity index is 1310. The van der Waals surface area contributed by atoms with Gasteiger partial charge in [-0.2, -0.15) is 5.26 Å². The minimum Gasteiger partial charge on any atom is -0.253 e. The van der Waals surface area contributed by atoms with Gasteiger partial charge in [-0.25, -0.2) is 0 Å². The molecule has 1 atom stereocenters. The van der Waals surface area contributed by atoms with Crippen LogP contribution in [0.5, 0.6) is 0 Å². The number of hydrogen-bond acceptors (Lipinski definition) is 2. The standard InChI is InChI=1S/C26H18Cl2N2/c27-18-10-11-23-20(14-18)25(19-8-4-5-9-22(19)28)21-15-26(16-29,13-12-24(21)30-23)17-6-2-1-3-7-17/h1-11,14H,12-13,15H2.